The van der Waals surface area contributed by atoms with Gasteiger partial charge in [-0.1, -0.05) is 23.7 Å². The first kappa shape index (κ1) is 15.5. The molecule has 0 aromatic heterocycles. The molecule has 0 fully saturated rings. The summed E-state index contributed by atoms with van der Waals surface area (Å²) in [5, 5.41) is 4.08. The van der Waals surface area contributed by atoms with Gasteiger partial charge in [-0.15, -0.1) is 0 Å². The summed E-state index contributed by atoms with van der Waals surface area (Å²) in [6.45, 7) is 5.31. The average Bonchev–Trinajstić information content (AvgIpc) is 2.49. The summed E-state index contributed by atoms with van der Waals surface area (Å²) < 4.78 is 10.9. The van der Waals surface area contributed by atoms with E-state index in [1.165, 1.54) is 0 Å². The van der Waals surface area contributed by atoms with Crippen LogP contribution in [0.2, 0.25) is 5.02 Å². The summed E-state index contributed by atoms with van der Waals surface area (Å²) >= 11 is 6.11. The van der Waals surface area contributed by atoms with Crippen molar-refractivity contribution >= 4 is 17.3 Å². The molecule has 0 unspecified atom stereocenters. The van der Waals surface area contributed by atoms with E-state index in [2.05, 4.69) is 11.4 Å². The normalized spacial score (nSPS) is 10.3. The van der Waals surface area contributed by atoms with Gasteiger partial charge < -0.3 is 14.8 Å². The van der Waals surface area contributed by atoms with Crippen molar-refractivity contribution in [1.29, 1.82) is 0 Å². The highest BCUT2D eigenvalue weighted by Gasteiger charge is 2.07. The Hall–Kier alpha value is -1.87. The first-order valence-corrected chi connectivity index (χ1v) is 7.31. The van der Waals surface area contributed by atoms with E-state index < -0.39 is 0 Å². The molecule has 0 saturated carbocycles. The van der Waals surface area contributed by atoms with Gasteiger partial charge in [-0.25, -0.2) is 0 Å². The highest BCUT2D eigenvalue weighted by atomic mass is 35.5. The van der Waals surface area contributed by atoms with Gasteiger partial charge in [-0.2, -0.15) is 0 Å². The van der Waals surface area contributed by atoms with Crippen LogP contribution < -0.4 is 14.8 Å². The van der Waals surface area contributed by atoms with E-state index in [1.807, 2.05) is 44.2 Å². The van der Waals surface area contributed by atoms with Gasteiger partial charge in [0.25, 0.3) is 0 Å². The minimum absolute atomic E-state index is 0.668. The number of benzene rings is 2. The Labute approximate surface area is 130 Å². The number of hydrogen-bond acceptors (Lipinski definition) is 3. The number of rotatable bonds is 6. The van der Waals surface area contributed by atoms with Gasteiger partial charge >= 0.3 is 0 Å². The molecular weight excluding hydrogens is 286 g/mol. The molecule has 0 saturated heterocycles. The van der Waals surface area contributed by atoms with Crippen LogP contribution in [0.4, 0.5) is 5.69 Å². The van der Waals surface area contributed by atoms with Crippen LogP contribution >= 0.6 is 11.6 Å². The minimum atomic E-state index is 0.668. The van der Waals surface area contributed by atoms with E-state index in [0.717, 1.165) is 28.3 Å². The zero-order valence-corrected chi connectivity index (χ0v) is 13.3. The molecule has 2 aromatic rings. The van der Waals surface area contributed by atoms with Crippen LogP contribution in [-0.4, -0.2) is 13.7 Å². The Morgan fingerprint density at radius 1 is 1.19 bits per heavy atom. The molecular formula is C17H20ClNO2. The number of aryl methyl sites for hydroxylation is 1. The van der Waals surface area contributed by atoms with Crippen molar-refractivity contribution in [2.45, 2.75) is 20.4 Å². The molecule has 0 amide bonds. The van der Waals surface area contributed by atoms with Gasteiger partial charge in [0.05, 0.1) is 19.4 Å². The highest BCUT2D eigenvalue weighted by Crippen LogP contribution is 2.31. The lowest BCUT2D eigenvalue weighted by Gasteiger charge is -2.13. The standard InChI is InChI=1S/C17H20ClNO2/c1-4-21-14-7-5-6-13(9-14)11-19-16-8-12(2)15(18)10-17(16)20-3/h5-10,19H,4,11H2,1-3H3. The maximum atomic E-state index is 6.11. The molecule has 0 aliphatic carbocycles. The zero-order chi connectivity index (χ0) is 15.2. The molecule has 0 atom stereocenters. The fourth-order valence-corrected chi connectivity index (χ4v) is 2.23. The van der Waals surface area contributed by atoms with Crippen molar-refractivity contribution < 1.29 is 9.47 Å². The third-order valence-electron chi connectivity index (χ3n) is 3.17. The molecule has 112 valence electrons. The van der Waals surface area contributed by atoms with Gasteiger partial charge in [0.15, 0.2) is 0 Å². The Morgan fingerprint density at radius 2 is 2.00 bits per heavy atom. The lowest BCUT2D eigenvalue weighted by Crippen LogP contribution is -2.02. The Morgan fingerprint density at radius 3 is 2.71 bits per heavy atom. The first-order valence-electron chi connectivity index (χ1n) is 6.93. The Kier molecular flexibility index (Phi) is 5.34. The fraction of sp³-hybridized carbons (Fsp3) is 0.294. The van der Waals surface area contributed by atoms with Crippen molar-refractivity contribution in [2.24, 2.45) is 0 Å². The van der Waals surface area contributed by atoms with Gasteiger partial charge in [-0.05, 0) is 43.2 Å². The molecule has 4 heteroatoms. The van der Waals surface area contributed by atoms with Crippen LogP contribution in [0.3, 0.4) is 0 Å². The SMILES string of the molecule is CCOc1cccc(CNc2cc(C)c(Cl)cc2OC)c1. The van der Waals surface area contributed by atoms with E-state index in [9.17, 15) is 0 Å². The quantitative estimate of drug-likeness (QED) is 0.841. The number of halogens is 1. The second-order valence-electron chi connectivity index (χ2n) is 4.74. The van der Waals surface area contributed by atoms with Crippen LogP contribution in [0.5, 0.6) is 11.5 Å². The second kappa shape index (κ2) is 7.23. The van der Waals surface area contributed by atoms with Crippen LogP contribution in [0.1, 0.15) is 18.1 Å². The largest absolute Gasteiger partial charge is 0.495 e. The molecule has 2 aromatic carbocycles. The number of hydrogen-bond donors (Lipinski definition) is 1. The van der Waals surface area contributed by atoms with Crippen molar-refractivity contribution in [3.8, 4) is 11.5 Å². The van der Waals surface area contributed by atoms with Crippen LogP contribution in [0, 0.1) is 6.92 Å². The lowest BCUT2D eigenvalue weighted by atomic mass is 10.1. The average molecular weight is 306 g/mol. The minimum Gasteiger partial charge on any atom is -0.495 e. The Bertz CT molecular complexity index is 614. The van der Waals surface area contributed by atoms with Crippen molar-refractivity contribution in [2.75, 3.05) is 19.0 Å². The molecule has 3 nitrogen and oxygen atoms in total. The number of anilines is 1. The van der Waals surface area contributed by atoms with Gasteiger partial charge in [-0.3, -0.25) is 0 Å². The van der Waals surface area contributed by atoms with Crippen molar-refractivity contribution in [3.05, 3.63) is 52.5 Å². The highest BCUT2D eigenvalue weighted by molar-refractivity contribution is 6.31. The summed E-state index contributed by atoms with van der Waals surface area (Å²) in [6.07, 6.45) is 0. The predicted molar refractivity (Wildman–Crippen MR) is 87.7 cm³/mol. The maximum absolute atomic E-state index is 6.11. The maximum Gasteiger partial charge on any atom is 0.143 e. The molecule has 1 N–H and O–H groups in total. The zero-order valence-electron chi connectivity index (χ0n) is 12.6. The van der Waals surface area contributed by atoms with Crippen molar-refractivity contribution in [1.82, 2.24) is 0 Å². The van der Waals surface area contributed by atoms with Crippen molar-refractivity contribution in [3.63, 3.8) is 0 Å². The lowest BCUT2D eigenvalue weighted by molar-refractivity contribution is 0.340. The molecule has 0 aliphatic heterocycles. The summed E-state index contributed by atoms with van der Waals surface area (Å²) in [5.41, 5.74) is 3.10. The first-order chi connectivity index (χ1) is 10.1. The molecule has 0 radical (unpaired) electrons. The predicted octanol–water partition coefficient (Wildman–Crippen LogP) is 4.67. The van der Waals surface area contributed by atoms with E-state index in [1.54, 1.807) is 7.11 Å². The van der Waals surface area contributed by atoms with Crippen LogP contribution in [0.25, 0.3) is 0 Å². The summed E-state index contributed by atoms with van der Waals surface area (Å²) in [4.78, 5) is 0. The van der Waals surface area contributed by atoms with E-state index in [4.69, 9.17) is 21.1 Å². The molecule has 0 aliphatic rings. The number of nitrogens with one attached hydrogen (secondary N) is 1. The molecule has 2 rings (SSSR count). The van der Waals surface area contributed by atoms with E-state index >= 15 is 0 Å². The van der Waals surface area contributed by atoms with Crippen LogP contribution in [0.15, 0.2) is 36.4 Å². The van der Waals surface area contributed by atoms with Gasteiger partial charge in [0, 0.05) is 17.6 Å². The monoisotopic (exact) mass is 305 g/mol. The number of methoxy groups -OCH3 is 1. The van der Waals surface area contributed by atoms with Gasteiger partial charge in [0.2, 0.25) is 0 Å². The summed E-state index contributed by atoms with van der Waals surface area (Å²) in [7, 11) is 1.64. The summed E-state index contributed by atoms with van der Waals surface area (Å²) in [6, 6.07) is 11.9. The van der Waals surface area contributed by atoms with Gasteiger partial charge in [0.1, 0.15) is 11.5 Å². The molecule has 21 heavy (non-hydrogen) atoms. The van der Waals surface area contributed by atoms with E-state index in [0.29, 0.717) is 18.2 Å². The molecule has 0 heterocycles. The fourth-order valence-electron chi connectivity index (χ4n) is 2.08. The van der Waals surface area contributed by atoms with E-state index in [-0.39, 0.29) is 0 Å². The van der Waals surface area contributed by atoms with Crippen LogP contribution in [-0.2, 0) is 6.54 Å². The molecule has 0 spiro atoms. The third kappa shape index (κ3) is 4.05. The number of ether oxygens (including phenoxy) is 2. The molecule has 0 bridgehead atoms. The Balaban J connectivity index is 2.12. The smallest absolute Gasteiger partial charge is 0.143 e. The second-order valence-corrected chi connectivity index (χ2v) is 5.14. The third-order valence-corrected chi connectivity index (χ3v) is 3.58. The summed E-state index contributed by atoms with van der Waals surface area (Å²) in [5.74, 6) is 1.63. The topological polar surface area (TPSA) is 30.5 Å².